The van der Waals surface area contributed by atoms with E-state index >= 15 is 0 Å². The topological polar surface area (TPSA) is 81.4 Å². The molecule has 0 heterocycles. The molecule has 1 fully saturated rings. The first-order valence-electron chi connectivity index (χ1n) is 7.17. The van der Waals surface area contributed by atoms with E-state index in [0.29, 0.717) is 6.54 Å². The number of amides is 1. The molecule has 0 atom stereocenters. The van der Waals surface area contributed by atoms with Crippen LogP contribution in [0.1, 0.15) is 36.8 Å². The molecule has 1 aromatic rings. The number of carbonyl (C=O) groups is 2. The van der Waals surface area contributed by atoms with Crippen molar-refractivity contribution in [3.63, 3.8) is 0 Å². The van der Waals surface area contributed by atoms with Crippen molar-refractivity contribution in [1.82, 2.24) is 5.48 Å². The van der Waals surface area contributed by atoms with Gasteiger partial charge in [0.1, 0.15) is 0 Å². The van der Waals surface area contributed by atoms with Crippen molar-refractivity contribution in [2.75, 3.05) is 0 Å². The summed E-state index contributed by atoms with van der Waals surface area (Å²) >= 11 is 0. The summed E-state index contributed by atoms with van der Waals surface area (Å²) in [6.45, 7) is 0.488. The maximum Gasteiger partial charge on any atom is 0.335 e. The van der Waals surface area contributed by atoms with Crippen LogP contribution in [0.25, 0.3) is 6.08 Å². The van der Waals surface area contributed by atoms with Crippen molar-refractivity contribution in [2.45, 2.75) is 32.2 Å². The third kappa shape index (κ3) is 4.72. The van der Waals surface area contributed by atoms with Gasteiger partial charge in [0.25, 0.3) is 5.91 Å². The van der Waals surface area contributed by atoms with Gasteiger partial charge in [0.05, 0.1) is 5.92 Å². The van der Waals surface area contributed by atoms with Gasteiger partial charge in [-0.3, -0.25) is 4.79 Å². The summed E-state index contributed by atoms with van der Waals surface area (Å²) in [4.78, 5) is 28.0. The first kappa shape index (κ1) is 15.3. The maximum atomic E-state index is 11.6. The lowest BCUT2D eigenvalue weighted by Crippen LogP contribution is -2.28. The highest BCUT2D eigenvalue weighted by molar-refractivity contribution is 5.91. The zero-order valence-electron chi connectivity index (χ0n) is 11.9. The second-order valence-corrected chi connectivity index (χ2v) is 5.15. The first-order chi connectivity index (χ1) is 10.2. The molecule has 0 radical (unpaired) electrons. The van der Waals surface area contributed by atoms with Gasteiger partial charge in [-0.2, -0.15) is 5.48 Å². The Morgan fingerprint density at radius 3 is 2.52 bits per heavy atom. The van der Waals surface area contributed by atoms with Crippen LogP contribution in [0.5, 0.6) is 0 Å². The van der Waals surface area contributed by atoms with Crippen molar-refractivity contribution in [2.24, 2.45) is 11.7 Å². The molecule has 1 aliphatic rings. The molecule has 2 rings (SSSR count). The highest BCUT2D eigenvalue weighted by Gasteiger charge is 2.24. The van der Waals surface area contributed by atoms with E-state index in [1.54, 1.807) is 6.08 Å². The number of benzene rings is 1. The number of nitrogens with one attached hydrogen (secondary N) is 1. The van der Waals surface area contributed by atoms with Gasteiger partial charge in [-0.25, -0.2) is 4.79 Å². The van der Waals surface area contributed by atoms with Gasteiger partial charge in [-0.1, -0.05) is 37.1 Å². The zero-order chi connectivity index (χ0) is 15.1. The Labute approximate surface area is 124 Å². The fourth-order valence-corrected chi connectivity index (χ4v) is 2.32. The first-order valence-corrected chi connectivity index (χ1v) is 7.17. The number of carbonyl (C=O) groups excluding carboxylic acids is 2. The molecular formula is C16H20N2O3. The number of hydrogen-bond donors (Lipinski definition) is 2. The van der Waals surface area contributed by atoms with Crippen molar-refractivity contribution in [3.05, 3.63) is 41.5 Å². The van der Waals surface area contributed by atoms with Crippen LogP contribution in [-0.2, 0) is 21.0 Å². The Kier molecular flexibility index (Phi) is 5.51. The van der Waals surface area contributed by atoms with E-state index in [4.69, 9.17) is 10.6 Å². The molecule has 5 nitrogen and oxygen atoms in total. The lowest BCUT2D eigenvalue weighted by atomic mass is 10.1. The molecule has 1 amide bonds. The van der Waals surface area contributed by atoms with Crippen LogP contribution in [0.4, 0.5) is 0 Å². The minimum atomic E-state index is -0.454. The van der Waals surface area contributed by atoms with E-state index in [0.717, 1.165) is 36.8 Å². The summed E-state index contributed by atoms with van der Waals surface area (Å²) in [6, 6.07) is 7.54. The fourth-order valence-electron chi connectivity index (χ4n) is 2.32. The average molecular weight is 288 g/mol. The summed E-state index contributed by atoms with van der Waals surface area (Å²) in [5.74, 6) is -0.871. The highest BCUT2D eigenvalue weighted by Crippen LogP contribution is 2.25. The lowest BCUT2D eigenvalue weighted by Gasteiger charge is -2.07. The molecule has 3 N–H and O–H groups in total. The van der Waals surface area contributed by atoms with Crippen LogP contribution in [0.15, 0.2) is 30.3 Å². The predicted molar refractivity (Wildman–Crippen MR) is 79.6 cm³/mol. The molecule has 112 valence electrons. The Morgan fingerprint density at radius 2 is 1.90 bits per heavy atom. The number of hydroxylamine groups is 1. The second-order valence-electron chi connectivity index (χ2n) is 5.15. The maximum absolute atomic E-state index is 11.6. The van der Waals surface area contributed by atoms with E-state index in [1.807, 2.05) is 24.3 Å². The lowest BCUT2D eigenvalue weighted by molar-refractivity contribution is -0.160. The predicted octanol–water partition coefficient (Wildman–Crippen LogP) is 1.92. The van der Waals surface area contributed by atoms with E-state index in [9.17, 15) is 9.59 Å². The van der Waals surface area contributed by atoms with Crippen LogP contribution < -0.4 is 11.2 Å². The molecule has 0 aromatic heterocycles. The highest BCUT2D eigenvalue weighted by atomic mass is 16.7. The molecule has 5 heteroatoms. The summed E-state index contributed by atoms with van der Waals surface area (Å²) in [7, 11) is 0. The molecule has 0 aliphatic heterocycles. The molecule has 0 saturated heterocycles. The van der Waals surface area contributed by atoms with Crippen LogP contribution in [0.2, 0.25) is 0 Å². The van der Waals surface area contributed by atoms with Gasteiger partial charge in [0.15, 0.2) is 0 Å². The van der Waals surface area contributed by atoms with Crippen LogP contribution >= 0.6 is 0 Å². The van der Waals surface area contributed by atoms with Crippen molar-refractivity contribution >= 4 is 18.0 Å². The molecule has 1 saturated carbocycles. The number of nitrogens with two attached hydrogens (primary N) is 1. The summed E-state index contributed by atoms with van der Waals surface area (Å²) in [5, 5.41) is 0. The summed E-state index contributed by atoms with van der Waals surface area (Å²) in [5.41, 5.74) is 9.58. The largest absolute Gasteiger partial charge is 0.340 e. The third-order valence-electron chi connectivity index (χ3n) is 3.58. The standard InChI is InChI=1S/C16H20N2O3/c17-11-13-7-5-12(6-8-13)9-10-15(19)18-21-16(20)14-3-1-2-4-14/h5-10,14H,1-4,11,17H2,(H,18,19)/b10-9+. The number of hydrogen-bond acceptors (Lipinski definition) is 4. The van der Waals surface area contributed by atoms with E-state index in [2.05, 4.69) is 5.48 Å². The Balaban J connectivity index is 1.77. The van der Waals surface area contributed by atoms with Crippen molar-refractivity contribution < 1.29 is 14.4 Å². The van der Waals surface area contributed by atoms with E-state index in [1.165, 1.54) is 6.08 Å². The Bertz CT molecular complexity index is 517. The monoisotopic (exact) mass is 288 g/mol. The van der Waals surface area contributed by atoms with Crippen LogP contribution in [-0.4, -0.2) is 11.9 Å². The molecule has 0 spiro atoms. The minimum Gasteiger partial charge on any atom is -0.340 e. The Morgan fingerprint density at radius 1 is 1.24 bits per heavy atom. The molecule has 0 bridgehead atoms. The normalized spacial score (nSPS) is 15.3. The molecule has 21 heavy (non-hydrogen) atoms. The van der Waals surface area contributed by atoms with Gasteiger partial charge in [-0.15, -0.1) is 0 Å². The fraction of sp³-hybridized carbons (Fsp3) is 0.375. The van der Waals surface area contributed by atoms with Gasteiger partial charge in [0.2, 0.25) is 0 Å². The van der Waals surface area contributed by atoms with Crippen LogP contribution in [0.3, 0.4) is 0 Å². The number of rotatable bonds is 4. The quantitative estimate of drug-likeness (QED) is 0.655. The summed E-state index contributed by atoms with van der Waals surface area (Å²) in [6.07, 6.45) is 6.77. The van der Waals surface area contributed by atoms with Crippen molar-refractivity contribution in [1.29, 1.82) is 0 Å². The SMILES string of the molecule is NCc1ccc(/C=C/C(=O)NOC(=O)C2CCCC2)cc1. The van der Waals surface area contributed by atoms with Gasteiger partial charge in [-0.05, 0) is 30.0 Å². The van der Waals surface area contributed by atoms with Crippen LogP contribution in [0, 0.1) is 5.92 Å². The van der Waals surface area contributed by atoms with Crippen molar-refractivity contribution in [3.8, 4) is 0 Å². The second kappa shape index (κ2) is 7.59. The zero-order valence-corrected chi connectivity index (χ0v) is 11.9. The van der Waals surface area contributed by atoms with E-state index in [-0.39, 0.29) is 11.9 Å². The average Bonchev–Trinajstić information content (AvgIpc) is 3.05. The van der Waals surface area contributed by atoms with Gasteiger partial charge in [0, 0.05) is 12.6 Å². The molecule has 1 aliphatic carbocycles. The minimum absolute atomic E-state index is 0.0712. The van der Waals surface area contributed by atoms with Gasteiger partial charge < -0.3 is 10.6 Å². The Hall–Kier alpha value is -2.14. The molecule has 1 aromatic carbocycles. The third-order valence-corrected chi connectivity index (χ3v) is 3.58. The summed E-state index contributed by atoms with van der Waals surface area (Å²) < 4.78 is 0. The molecule has 0 unspecified atom stereocenters. The molecular weight excluding hydrogens is 268 g/mol. The van der Waals surface area contributed by atoms with E-state index < -0.39 is 5.91 Å². The smallest absolute Gasteiger partial charge is 0.335 e. The van der Waals surface area contributed by atoms with Gasteiger partial charge >= 0.3 is 5.97 Å².